The Morgan fingerprint density at radius 1 is 1.29 bits per heavy atom. The van der Waals surface area contributed by atoms with Crippen molar-refractivity contribution in [3.8, 4) is 11.3 Å². The van der Waals surface area contributed by atoms with Gasteiger partial charge in [-0.15, -0.1) is 0 Å². The molecule has 0 aliphatic carbocycles. The monoisotopic (exact) mass is 287 g/mol. The summed E-state index contributed by atoms with van der Waals surface area (Å²) in [5.41, 5.74) is 10.2. The van der Waals surface area contributed by atoms with Gasteiger partial charge in [0.2, 0.25) is 0 Å². The van der Waals surface area contributed by atoms with Crippen LogP contribution in [0.25, 0.3) is 11.3 Å². The van der Waals surface area contributed by atoms with E-state index in [4.69, 9.17) is 10.5 Å². The lowest BCUT2D eigenvalue weighted by Gasteiger charge is -2.11. The lowest BCUT2D eigenvalue weighted by molar-refractivity contribution is 0.182. The molecular formula is C16H21N3O2. The Kier molecular flexibility index (Phi) is 4.88. The van der Waals surface area contributed by atoms with Crippen LogP contribution in [0.1, 0.15) is 16.7 Å². The van der Waals surface area contributed by atoms with Crippen LogP contribution in [0.15, 0.2) is 29.1 Å². The van der Waals surface area contributed by atoms with Crippen molar-refractivity contribution in [2.24, 2.45) is 5.73 Å². The number of hydrogen-bond acceptors (Lipinski definition) is 4. The summed E-state index contributed by atoms with van der Waals surface area (Å²) in [6.45, 7) is 5.15. The van der Waals surface area contributed by atoms with E-state index in [-0.39, 0.29) is 12.1 Å². The van der Waals surface area contributed by atoms with Gasteiger partial charge < -0.3 is 10.5 Å². The van der Waals surface area contributed by atoms with E-state index in [0.717, 1.165) is 16.8 Å². The van der Waals surface area contributed by atoms with Gasteiger partial charge in [0.05, 0.1) is 18.8 Å². The van der Waals surface area contributed by atoms with E-state index in [9.17, 15) is 4.79 Å². The van der Waals surface area contributed by atoms with Crippen LogP contribution in [0.4, 0.5) is 0 Å². The molecule has 112 valence electrons. The second kappa shape index (κ2) is 6.65. The number of nitrogens with zero attached hydrogens (tertiary/aromatic N) is 2. The first kappa shape index (κ1) is 15.4. The Hall–Kier alpha value is -1.98. The molecule has 5 heteroatoms. The van der Waals surface area contributed by atoms with Gasteiger partial charge in [-0.1, -0.05) is 23.8 Å². The van der Waals surface area contributed by atoms with Crippen LogP contribution in [0, 0.1) is 13.8 Å². The molecule has 1 aromatic carbocycles. The summed E-state index contributed by atoms with van der Waals surface area (Å²) in [6.07, 6.45) is 0. The van der Waals surface area contributed by atoms with Crippen molar-refractivity contribution in [1.82, 2.24) is 9.78 Å². The predicted octanol–water partition coefficient (Wildman–Crippen LogP) is 1.63. The van der Waals surface area contributed by atoms with Crippen LogP contribution < -0.4 is 11.3 Å². The topological polar surface area (TPSA) is 70.1 Å². The zero-order valence-corrected chi connectivity index (χ0v) is 12.7. The van der Waals surface area contributed by atoms with Crippen molar-refractivity contribution in [3.05, 3.63) is 51.3 Å². The molecule has 2 aromatic rings. The second-order valence-electron chi connectivity index (χ2n) is 5.10. The standard InChI is InChI=1S/C16H21N3O2/c1-11-4-5-14(12(2)8-11)15-9-13(10-17)16(20)19(18-15)6-7-21-3/h4-5,8-9H,6-7,10,17H2,1-3H3. The molecule has 1 aromatic heterocycles. The number of benzene rings is 1. The molecule has 0 saturated carbocycles. The van der Waals surface area contributed by atoms with Crippen LogP contribution in [0.3, 0.4) is 0 Å². The van der Waals surface area contributed by atoms with Crippen molar-refractivity contribution in [2.45, 2.75) is 26.9 Å². The average molecular weight is 287 g/mol. The lowest BCUT2D eigenvalue weighted by atomic mass is 10.0. The van der Waals surface area contributed by atoms with Gasteiger partial charge in [0.15, 0.2) is 0 Å². The highest BCUT2D eigenvalue weighted by atomic mass is 16.5. The van der Waals surface area contributed by atoms with Gasteiger partial charge in [-0.2, -0.15) is 5.10 Å². The molecular weight excluding hydrogens is 266 g/mol. The fourth-order valence-corrected chi connectivity index (χ4v) is 2.31. The third-order valence-electron chi connectivity index (χ3n) is 3.43. The summed E-state index contributed by atoms with van der Waals surface area (Å²) < 4.78 is 6.46. The van der Waals surface area contributed by atoms with E-state index in [1.54, 1.807) is 13.2 Å². The van der Waals surface area contributed by atoms with Gasteiger partial charge >= 0.3 is 0 Å². The van der Waals surface area contributed by atoms with Crippen LogP contribution in [-0.2, 0) is 17.8 Å². The van der Waals surface area contributed by atoms with Gasteiger partial charge in [-0.3, -0.25) is 4.79 Å². The molecule has 0 amide bonds. The minimum absolute atomic E-state index is 0.150. The zero-order chi connectivity index (χ0) is 15.4. The van der Waals surface area contributed by atoms with Crippen molar-refractivity contribution in [1.29, 1.82) is 0 Å². The molecule has 21 heavy (non-hydrogen) atoms. The SMILES string of the molecule is COCCn1nc(-c2ccc(C)cc2C)cc(CN)c1=O. The first-order valence-electron chi connectivity index (χ1n) is 6.94. The number of ether oxygens (including phenoxy) is 1. The Balaban J connectivity index is 2.55. The first-order valence-corrected chi connectivity index (χ1v) is 6.94. The highest BCUT2D eigenvalue weighted by Gasteiger charge is 2.10. The van der Waals surface area contributed by atoms with Gasteiger partial charge in [-0.05, 0) is 25.5 Å². The highest BCUT2D eigenvalue weighted by Crippen LogP contribution is 2.22. The summed E-state index contributed by atoms with van der Waals surface area (Å²) in [6, 6.07) is 7.95. The van der Waals surface area contributed by atoms with E-state index in [1.807, 2.05) is 19.1 Å². The third-order valence-corrected chi connectivity index (χ3v) is 3.43. The molecule has 2 N–H and O–H groups in total. The maximum absolute atomic E-state index is 12.2. The molecule has 0 saturated heterocycles. The number of rotatable bonds is 5. The molecule has 0 bridgehead atoms. The number of aromatic nitrogens is 2. The Bertz CT molecular complexity index is 692. The summed E-state index contributed by atoms with van der Waals surface area (Å²) in [5, 5.41) is 4.45. The molecule has 1 heterocycles. The van der Waals surface area contributed by atoms with E-state index in [0.29, 0.717) is 18.7 Å². The smallest absolute Gasteiger partial charge is 0.271 e. The molecule has 0 aliphatic rings. The quantitative estimate of drug-likeness (QED) is 0.907. The molecule has 0 atom stereocenters. The molecule has 0 aliphatic heterocycles. The summed E-state index contributed by atoms with van der Waals surface area (Å²) in [4.78, 5) is 12.2. The van der Waals surface area contributed by atoms with E-state index in [2.05, 4.69) is 18.1 Å². The Morgan fingerprint density at radius 3 is 2.67 bits per heavy atom. The van der Waals surface area contributed by atoms with Crippen molar-refractivity contribution >= 4 is 0 Å². The minimum atomic E-state index is -0.150. The number of aryl methyl sites for hydroxylation is 2. The first-order chi connectivity index (χ1) is 10.1. The van der Waals surface area contributed by atoms with Crippen LogP contribution >= 0.6 is 0 Å². The normalized spacial score (nSPS) is 10.9. The van der Waals surface area contributed by atoms with Gasteiger partial charge in [0.25, 0.3) is 5.56 Å². The van der Waals surface area contributed by atoms with Crippen LogP contribution in [-0.4, -0.2) is 23.5 Å². The molecule has 0 fully saturated rings. The Labute approximate surface area is 124 Å². The second-order valence-corrected chi connectivity index (χ2v) is 5.10. The van der Waals surface area contributed by atoms with E-state index < -0.39 is 0 Å². The van der Waals surface area contributed by atoms with E-state index in [1.165, 1.54) is 10.2 Å². The number of methoxy groups -OCH3 is 1. The Morgan fingerprint density at radius 2 is 2.05 bits per heavy atom. The van der Waals surface area contributed by atoms with Crippen LogP contribution in [0.5, 0.6) is 0 Å². The summed E-state index contributed by atoms with van der Waals surface area (Å²) in [5.74, 6) is 0. The van der Waals surface area contributed by atoms with E-state index >= 15 is 0 Å². The van der Waals surface area contributed by atoms with Gasteiger partial charge in [0, 0.05) is 24.8 Å². The maximum atomic E-state index is 12.2. The van der Waals surface area contributed by atoms with Gasteiger partial charge in [-0.25, -0.2) is 4.68 Å². The molecule has 0 radical (unpaired) electrons. The minimum Gasteiger partial charge on any atom is -0.383 e. The fourth-order valence-electron chi connectivity index (χ4n) is 2.31. The van der Waals surface area contributed by atoms with Crippen molar-refractivity contribution < 1.29 is 4.74 Å². The fraction of sp³-hybridized carbons (Fsp3) is 0.375. The lowest BCUT2D eigenvalue weighted by Crippen LogP contribution is -2.29. The summed E-state index contributed by atoms with van der Waals surface area (Å²) in [7, 11) is 1.60. The largest absolute Gasteiger partial charge is 0.383 e. The summed E-state index contributed by atoms with van der Waals surface area (Å²) >= 11 is 0. The van der Waals surface area contributed by atoms with Crippen LogP contribution in [0.2, 0.25) is 0 Å². The number of nitrogens with two attached hydrogens (primary N) is 1. The maximum Gasteiger partial charge on any atom is 0.271 e. The molecule has 0 spiro atoms. The number of hydrogen-bond donors (Lipinski definition) is 1. The van der Waals surface area contributed by atoms with Crippen molar-refractivity contribution in [2.75, 3.05) is 13.7 Å². The molecule has 5 nitrogen and oxygen atoms in total. The van der Waals surface area contributed by atoms with Crippen molar-refractivity contribution in [3.63, 3.8) is 0 Å². The van der Waals surface area contributed by atoms with Gasteiger partial charge in [0.1, 0.15) is 0 Å². The zero-order valence-electron chi connectivity index (χ0n) is 12.7. The predicted molar refractivity (Wildman–Crippen MR) is 83.2 cm³/mol. The molecule has 0 unspecified atom stereocenters. The highest BCUT2D eigenvalue weighted by molar-refractivity contribution is 5.64. The average Bonchev–Trinajstić information content (AvgIpc) is 2.46. The third kappa shape index (κ3) is 3.37. The molecule has 2 rings (SSSR count).